The van der Waals surface area contributed by atoms with E-state index in [1.807, 2.05) is 11.3 Å². The largest absolute Gasteiger partial charge is 0.396 e. The summed E-state index contributed by atoms with van der Waals surface area (Å²) in [6, 6.07) is 4.26. The fourth-order valence-electron chi connectivity index (χ4n) is 4.41. The van der Waals surface area contributed by atoms with Gasteiger partial charge in [-0.15, -0.1) is 22.7 Å². The van der Waals surface area contributed by atoms with E-state index in [1.54, 1.807) is 11.3 Å². The zero-order valence-corrected chi connectivity index (χ0v) is 18.7. The van der Waals surface area contributed by atoms with Gasteiger partial charge in [-0.1, -0.05) is 6.07 Å². The third-order valence-corrected chi connectivity index (χ3v) is 8.12. The first-order valence-electron chi connectivity index (χ1n) is 10.8. The molecule has 0 amide bonds. The Bertz CT molecular complexity index is 983. The third kappa shape index (κ3) is 4.24. The monoisotopic (exact) mass is 444 g/mol. The predicted octanol–water partition coefficient (Wildman–Crippen LogP) is 4.00. The molecule has 0 spiro atoms. The van der Waals surface area contributed by atoms with Crippen molar-refractivity contribution in [3.8, 4) is 0 Å². The molecule has 1 fully saturated rings. The standard InChI is InChI=1S/C22H28N4O2S2/c27-10-7-16(18-6-3-13-29-18)23-21-20-15-4-1-2-5-17(15)30-22(20)25-19(24-21)14-26-8-11-28-12-9-26/h3,6,13,16,27H,1-2,4-5,7-12,14H2,(H,23,24,25). The lowest BCUT2D eigenvalue weighted by Crippen LogP contribution is -2.36. The van der Waals surface area contributed by atoms with E-state index in [0.29, 0.717) is 6.42 Å². The van der Waals surface area contributed by atoms with Crippen molar-refractivity contribution in [2.75, 3.05) is 38.2 Å². The van der Waals surface area contributed by atoms with E-state index in [9.17, 15) is 5.11 Å². The van der Waals surface area contributed by atoms with Gasteiger partial charge in [-0.25, -0.2) is 9.97 Å². The number of hydrogen-bond acceptors (Lipinski definition) is 8. The molecule has 0 bridgehead atoms. The van der Waals surface area contributed by atoms with Gasteiger partial charge >= 0.3 is 0 Å². The number of thiophene rings is 2. The molecule has 4 heterocycles. The van der Waals surface area contributed by atoms with Crippen LogP contribution in [-0.2, 0) is 24.1 Å². The average Bonchev–Trinajstić information content (AvgIpc) is 3.42. The highest BCUT2D eigenvalue weighted by Crippen LogP contribution is 2.40. The number of nitrogens with one attached hydrogen (secondary N) is 1. The van der Waals surface area contributed by atoms with Crippen LogP contribution in [0.25, 0.3) is 10.2 Å². The topological polar surface area (TPSA) is 70.5 Å². The quantitative estimate of drug-likeness (QED) is 0.574. The van der Waals surface area contributed by atoms with Crippen LogP contribution in [0.3, 0.4) is 0 Å². The van der Waals surface area contributed by atoms with Gasteiger partial charge in [0.25, 0.3) is 0 Å². The molecule has 160 valence electrons. The summed E-state index contributed by atoms with van der Waals surface area (Å²) in [5, 5.41) is 16.7. The van der Waals surface area contributed by atoms with Crippen molar-refractivity contribution in [1.82, 2.24) is 14.9 Å². The maximum absolute atomic E-state index is 9.67. The van der Waals surface area contributed by atoms with Gasteiger partial charge in [-0.2, -0.15) is 0 Å². The van der Waals surface area contributed by atoms with E-state index in [-0.39, 0.29) is 12.6 Å². The minimum Gasteiger partial charge on any atom is -0.396 e. The van der Waals surface area contributed by atoms with E-state index in [2.05, 4.69) is 27.7 Å². The van der Waals surface area contributed by atoms with Crippen LogP contribution in [0.15, 0.2) is 17.5 Å². The summed E-state index contributed by atoms with van der Waals surface area (Å²) in [6.45, 7) is 4.29. The zero-order chi connectivity index (χ0) is 20.3. The van der Waals surface area contributed by atoms with Crippen molar-refractivity contribution < 1.29 is 9.84 Å². The predicted molar refractivity (Wildman–Crippen MR) is 123 cm³/mol. The molecule has 6 nitrogen and oxygen atoms in total. The Labute approximate surface area is 184 Å². The number of hydrogen-bond donors (Lipinski definition) is 2. The fraction of sp³-hybridized carbons (Fsp3) is 0.545. The number of aliphatic hydroxyl groups excluding tert-OH is 1. The van der Waals surface area contributed by atoms with Gasteiger partial charge in [0.1, 0.15) is 16.5 Å². The number of fused-ring (bicyclic) bond motifs is 3. The van der Waals surface area contributed by atoms with Crippen LogP contribution >= 0.6 is 22.7 Å². The minimum atomic E-state index is 0.0588. The lowest BCUT2D eigenvalue weighted by molar-refractivity contribution is 0.0331. The van der Waals surface area contributed by atoms with E-state index in [0.717, 1.165) is 62.2 Å². The van der Waals surface area contributed by atoms with Crippen molar-refractivity contribution in [3.05, 3.63) is 38.7 Å². The van der Waals surface area contributed by atoms with Gasteiger partial charge in [-0.05, 0) is 49.1 Å². The zero-order valence-electron chi connectivity index (χ0n) is 17.1. The second-order valence-electron chi connectivity index (χ2n) is 7.99. The molecular weight excluding hydrogens is 416 g/mol. The second kappa shape index (κ2) is 9.28. The summed E-state index contributed by atoms with van der Waals surface area (Å²) in [5.41, 5.74) is 1.44. The third-order valence-electron chi connectivity index (χ3n) is 5.95. The summed E-state index contributed by atoms with van der Waals surface area (Å²) in [7, 11) is 0. The van der Waals surface area contributed by atoms with E-state index in [1.165, 1.54) is 33.5 Å². The molecule has 3 aromatic rings. The molecule has 5 rings (SSSR count). The number of morpholine rings is 1. The molecule has 0 radical (unpaired) electrons. The molecule has 0 saturated carbocycles. The Kier molecular flexibility index (Phi) is 6.29. The van der Waals surface area contributed by atoms with Crippen molar-refractivity contribution in [3.63, 3.8) is 0 Å². The lowest BCUT2D eigenvalue weighted by Gasteiger charge is -2.26. The van der Waals surface area contributed by atoms with Crippen LogP contribution in [0.5, 0.6) is 0 Å². The molecular formula is C22H28N4O2S2. The van der Waals surface area contributed by atoms with Gasteiger partial charge in [0, 0.05) is 29.5 Å². The van der Waals surface area contributed by atoms with Gasteiger partial charge in [0.15, 0.2) is 0 Å². The first kappa shape index (κ1) is 20.3. The van der Waals surface area contributed by atoms with Crippen LogP contribution < -0.4 is 5.32 Å². The molecule has 8 heteroatoms. The van der Waals surface area contributed by atoms with Gasteiger partial charge in [-0.3, -0.25) is 4.90 Å². The highest BCUT2D eigenvalue weighted by atomic mass is 32.1. The maximum atomic E-state index is 9.67. The molecule has 1 aliphatic carbocycles. The fourth-order valence-corrected chi connectivity index (χ4v) is 6.50. The average molecular weight is 445 g/mol. The number of anilines is 1. The Morgan fingerprint density at radius 2 is 2.07 bits per heavy atom. The number of rotatable bonds is 7. The second-order valence-corrected chi connectivity index (χ2v) is 10.1. The van der Waals surface area contributed by atoms with Crippen molar-refractivity contribution in [2.45, 2.75) is 44.7 Å². The number of aryl methyl sites for hydroxylation is 2. The molecule has 1 aliphatic heterocycles. The molecule has 2 aliphatic rings. The Morgan fingerprint density at radius 1 is 1.20 bits per heavy atom. The van der Waals surface area contributed by atoms with Gasteiger partial charge in [0.05, 0.1) is 31.2 Å². The first-order valence-corrected chi connectivity index (χ1v) is 12.5. The first-order chi connectivity index (χ1) is 14.8. The molecule has 0 aromatic carbocycles. The Morgan fingerprint density at radius 3 is 2.87 bits per heavy atom. The number of aromatic nitrogens is 2. The van der Waals surface area contributed by atoms with Crippen molar-refractivity contribution >= 4 is 38.7 Å². The summed E-state index contributed by atoms with van der Waals surface area (Å²) in [4.78, 5) is 16.2. The van der Waals surface area contributed by atoms with Crippen molar-refractivity contribution in [1.29, 1.82) is 0 Å². The van der Waals surface area contributed by atoms with Crippen molar-refractivity contribution in [2.24, 2.45) is 0 Å². The van der Waals surface area contributed by atoms with Gasteiger partial charge < -0.3 is 15.2 Å². The normalized spacial score (nSPS) is 18.4. The van der Waals surface area contributed by atoms with E-state index < -0.39 is 0 Å². The van der Waals surface area contributed by atoms with E-state index in [4.69, 9.17) is 14.7 Å². The molecule has 3 aromatic heterocycles. The van der Waals surface area contributed by atoms with Gasteiger partial charge in [0.2, 0.25) is 0 Å². The number of aliphatic hydroxyl groups is 1. The molecule has 1 atom stereocenters. The lowest BCUT2D eigenvalue weighted by atomic mass is 9.97. The van der Waals surface area contributed by atoms with Crippen LogP contribution in [-0.4, -0.2) is 52.9 Å². The van der Waals surface area contributed by atoms with Crippen LogP contribution in [0.2, 0.25) is 0 Å². The van der Waals surface area contributed by atoms with Crippen LogP contribution in [0.4, 0.5) is 5.82 Å². The summed E-state index contributed by atoms with van der Waals surface area (Å²) in [6.07, 6.45) is 5.42. The Balaban J connectivity index is 1.53. The van der Waals surface area contributed by atoms with Crippen LogP contribution in [0.1, 0.15) is 46.4 Å². The number of ether oxygens (including phenoxy) is 1. The molecule has 1 unspecified atom stereocenters. The highest BCUT2D eigenvalue weighted by molar-refractivity contribution is 7.19. The van der Waals surface area contributed by atoms with Crippen LogP contribution in [0, 0.1) is 0 Å². The molecule has 1 saturated heterocycles. The molecule has 2 N–H and O–H groups in total. The Hall–Kier alpha value is -1.58. The number of nitrogens with zero attached hydrogens (tertiary/aromatic N) is 3. The smallest absolute Gasteiger partial charge is 0.146 e. The summed E-state index contributed by atoms with van der Waals surface area (Å²) >= 11 is 3.57. The molecule has 30 heavy (non-hydrogen) atoms. The van der Waals surface area contributed by atoms with E-state index >= 15 is 0 Å². The highest BCUT2D eigenvalue weighted by Gasteiger charge is 2.24. The summed E-state index contributed by atoms with van der Waals surface area (Å²) < 4.78 is 5.49. The minimum absolute atomic E-state index is 0.0588. The maximum Gasteiger partial charge on any atom is 0.146 e. The summed E-state index contributed by atoms with van der Waals surface area (Å²) in [5.74, 6) is 1.81. The SMILES string of the molecule is OCCC(Nc1nc(CN2CCOCC2)nc2sc3c(c12)CCCC3)c1cccs1.